The second-order valence-corrected chi connectivity index (χ2v) is 5.46. The maximum absolute atomic E-state index is 12.2. The minimum Gasteiger partial charge on any atom is -0.307 e. The molecule has 0 unspecified atom stereocenters. The average molecular weight is 333 g/mol. The zero-order valence-electron chi connectivity index (χ0n) is 10.3. The summed E-state index contributed by atoms with van der Waals surface area (Å²) in [5.41, 5.74) is -4.12. The van der Waals surface area contributed by atoms with E-state index in [1.807, 2.05) is 0 Å². The minimum atomic E-state index is -4.35. The third-order valence-corrected chi connectivity index (χ3v) is 3.28. The van der Waals surface area contributed by atoms with E-state index in [1.54, 1.807) is 6.07 Å². The summed E-state index contributed by atoms with van der Waals surface area (Å²) in [6.07, 6.45) is 1.38. The van der Waals surface area contributed by atoms with Crippen molar-refractivity contribution in [3.05, 3.63) is 53.2 Å². The molecule has 0 aliphatic carbocycles. The van der Waals surface area contributed by atoms with Gasteiger partial charge >= 0.3 is 5.51 Å². The first-order valence-corrected chi connectivity index (χ1v) is 6.82. The number of carbonyl (C=O) groups excluding carboxylic acids is 1. The molecule has 0 bridgehead atoms. The number of halogens is 4. The van der Waals surface area contributed by atoms with E-state index in [1.165, 1.54) is 36.5 Å². The summed E-state index contributed by atoms with van der Waals surface area (Å²) in [6.45, 7) is 0. The Kier molecular flexibility index (Phi) is 4.74. The molecule has 21 heavy (non-hydrogen) atoms. The van der Waals surface area contributed by atoms with E-state index >= 15 is 0 Å². The van der Waals surface area contributed by atoms with E-state index in [0.717, 1.165) is 0 Å². The first kappa shape index (κ1) is 15.7. The van der Waals surface area contributed by atoms with Gasteiger partial charge in [-0.15, -0.1) is 0 Å². The topological polar surface area (TPSA) is 42.0 Å². The molecule has 0 aliphatic heterocycles. The number of thioether (sulfide) groups is 1. The number of nitrogens with zero attached hydrogens (tertiary/aromatic N) is 1. The summed E-state index contributed by atoms with van der Waals surface area (Å²) in [7, 11) is 0. The van der Waals surface area contributed by atoms with Gasteiger partial charge in [0.05, 0.1) is 5.02 Å². The maximum Gasteiger partial charge on any atom is 0.446 e. The Balaban J connectivity index is 2.04. The van der Waals surface area contributed by atoms with E-state index in [2.05, 4.69) is 10.3 Å². The summed E-state index contributed by atoms with van der Waals surface area (Å²) in [6, 6.07) is 8.20. The summed E-state index contributed by atoms with van der Waals surface area (Å²) < 4.78 is 36.6. The van der Waals surface area contributed by atoms with Crippen molar-refractivity contribution in [3.63, 3.8) is 0 Å². The Bertz CT molecular complexity index is 629. The summed E-state index contributed by atoms with van der Waals surface area (Å²) >= 11 is 5.43. The molecule has 1 heterocycles. The highest BCUT2D eigenvalue weighted by Gasteiger charge is 2.29. The summed E-state index contributed by atoms with van der Waals surface area (Å²) in [5, 5.41) is 2.95. The number of anilines is 1. The first-order chi connectivity index (χ1) is 9.83. The van der Waals surface area contributed by atoms with E-state index in [0.29, 0.717) is 10.8 Å². The monoisotopic (exact) mass is 332 g/mol. The molecular formula is C13H8ClF3N2OS. The van der Waals surface area contributed by atoms with Crippen molar-refractivity contribution in [3.8, 4) is 0 Å². The van der Waals surface area contributed by atoms with Gasteiger partial charge in [0.25, 0.3) is 5.91 Å². The standard InChI is InChI=1S/C13H8ClF3N2OS/c14-9-3-6-11(18-7-9)19-12(20)8-1-4-10(5-2-8)21-13(15,16)17/h1-7H,(H,18,19,20). The second-order valence-electron chi connectivity index (χ2n) is 3.89. The van der Waals surface area contributed by atoms with Gasteiger partial charge in [0.2, 0.25) is 0 Å². The number of amides is 1. The third kappa shape index (κ3) is 4.95. The SMILES string of the molecule is O=C(Nc1ccc(Cl)cn1)c1ccc(SC(F)(F)F)cc1. The molecule has 1 amide bonds. The van der Waals surface area contributed by atoms with Crippen molar-refractivity contribution in [2.75, 3.05) is 5.32 Å². The molecule has 1 aromatic heterocycles. The number of hydrogen-bond donors (Lipinski definition) is 1. The largest absolute Gasteiger partial charge is 0.446 e. The molecule has 0 aliphatic rings. The Labute approximate surface area is 127 Å². The van der Waals surface area contributed by atoms with Crippen LogP contribution in [-0.2, 0) is 0 Å². The second kappa shape index (κ2) is 6.36. The van der Waals surface area contributed by atoms with E-state index in [9.17, 15) is 18.0 Å². The number of pyridine rings is 1. The van der Waals surface area contributed by atoms with Crippen molar-refractivity contribution in [2.24, 2.45) is 0 Å². The molecule has 0 spiro atoms. The summed E-state index contributed by atoms with van der Waals surface area (Å²) in [4.78, 5) is 15.8. The molecule has 0 radical (unpaired) electrons. The summed E-state index contributed by atoms with van der Waals surface area (Å²) in [5.74, 6) is -0.161. The molecule has 0 atom stereocenters. The molecule has 2 aromatic rings. The lowest BCUT2D eigenvalue weighted by molar-refractivity contribution is -0.0328. The van der Waals surface area contributed by atoms with E-state index in [4.69, 9.17) is 11.6 Å². The maximum atomic E-state index is 12.2. The van der Waals surface area contributed by atoms with Crippen LogP contribution in [0, 0.1) is 0 Å². The molecular weight excluding hydrogens is 325 g/mol. The lowest BCUT2D eigenvalue weighted by atomic mass is 10.2. The van der Waals surface area contributed by atoms with Gasteiger partial charge in [-0.1, -0.05) is 11.6 Å². The Hall–Kier alpha value is -1.73. The first-order valence-electron chi connectivity index (χ1n) is 5.62. The highest BCUT2D eigenvalue weighted by atomic mass is 35.5. The van der Waals surface area contributed by atoms with Gasteiger partial charge in [0.15, 0.2) is 0 Å². The molecule has 1 aromatic carbocycles. The van der Waals surface area contributed by atoms with E-state index in [-0.39, 0.29) is 22.2 Å². The highest BCUT2D eigenvalue weighted by molar-refractivity contribution is 8.00. The molecule has 110 valence electrons. The number of alkyl halides is 3. The van der Waals surface area contributed by atoms with Crippen LogP contribution in [0.1, 0.15) is 10.4 Å². The molecule has 1 N–H and O–H groups in total. The number of aromatic nitrogens is 1. The van der Waals surface area contributed by atoms with E-state index < -0.39 is 11.4 Å². The fourth-order valence-corrected chi connectivity index (χ4v) is 2.10. The highest BCUT2D eigenvalue weighted by Crippen LogP contribution is 2.36. The number of carbonyl (C=O) groups is 1. The predicted molar refractivity (Wildman–Crippen MR) is 75.6 cm³/mol. The molecule has 0 saturated heterocycles. The van der Waals surface area contributed by atoms with Gasteiger partial charge in [-0.25, -0.2) is 4.98 Å². The van der Waals surface area contributed by atoms with Gasteiger partial charge in [-0.05, 0) is 48.2 Å². The van der Waals surface area contributed by atoms with Crippen LogP contribution in [0.4, 0.5) is 19.0 Å². The van der Waals surface area contributed by atoms with Crippen LogP contribution in [0.25, 0.3) is 0 Å². The lowest BCUT2D eigenvalue weighted by Crippen LogP contribution is -2.12. The number of rotatable bonds is 3. The van der Waals surface area contributed by atoms with Crippen molar-refractivity contribution in [1.82, 2.24) is 4.98 Å². The van der Waals surface area contributed by atoms with Gasteiger partial charge in [-0.3, -0.25) is 4.79 Å². The Morgan fingerprint density at radius 2 is 1.81 bits per heavy atom. The fraction of sp³-hybridized carbons (Fsp3) is 0.0769. The average Bonchev–Trinajstić information content (AvgIpc) is 2.40. The van der Waals surface area contributed by atoms with Crippen LogP contribution in [0.5, 0.6) is 0 Å². The van der Waals surface area contributed by atoms with Crippen LogP contribution >= 0.6 is 23.4 Å². The number of hydrogen-bond acceptors (Lipinski definition) is 3. The molecule has 0 saturated carbocycles. The van der Waals surface area contributed by atoms with Crippen LogP contribution in [0.2, 0.25) is 5.02 Å². The Morgan fingerprint density at radius 1 is 1.14 bits per heavy atom. The van der Waals surface area contributed by atoms with Gasteiger partial charge in [-0.2, -0.15) is 13.2 Å². The van der Waals surface area contributed by atoms with Crippen molar-refractivity contribution in [2.45, 2.75) is 10.4 Å². The predicted octanol–water partition coefficient (Wildman–Crippen LogP) is 4.60. The lowest BCUT2D eigenvalue weighted by Gasteiger charge is -2.07. The number of nitrogens with one attached hydrogen (secondary N) is 1. The van der Waals surface area contributed by atoms with Gasteiger partial charge in [0.1, 0.15) is 5.82 Å². The number of benzene rings is 1. The van der Waals surface area contributed by atoms with Crippen molar-refractivity contribution >= 4 is 35.1 Å². The Morgan fingerprint density at radius 3 is 2.33 bits per heavy atom. The third-order valence-electron chi connectivity index (χ3n) is 2.32. The van der Waals surface area contributed by atoms with Gasteiger partial charge < -0.3 is 5.32 Å². The molecule has 2 rings (SSSR count). The molecule has 8 heteroatoms. The van der Waals surface area contributed by atoms with Crippen LogP contribution in [0.15, 0.2) is 47.5 Å². The zero-order valence-corrected chi connectivity index (χ0v) is 11.9. The normalized spacial score (nSPS) is 11.2. The van der Waals surface area contributed by atoms with Crippen LogP contribution < -0.4 is 5.32 Å². The van der Waals surface area contributed by atoms with Gasteiger partial charge in [0, 0.05) is 16.7 Å². The molecule has 0 fully saturated rings. The molecule has 3 nitrogen and oxygen atoms in total. The van der Waals surface area contributed by atoms with Crippen LogP contribution in [0.3, 0.4) is 0 Å². The minimum absolute atomic E-state index is 0.0173. The zero-order chi connectivity index (χ0) is 15.5. The fourth-order valence-electron chi connectivity index (χ4n) is 1.45. The quantitative estimate of drug-likeness (QED) is 0.835. The van der Waals surface area contributed by atoms with Crippen molar-refractivity contribution in [1.29, 1.82) is 0 Å². The van der Waals surface area contributed by atoms with Crippen molar-refractivity contribution < 1.29 is 18.0 Å². The smallest absolute Gasteiger partial charge is 0.307 e. The van der Waals surface area contributed by atoms with Crippen LogP contribution in [-0.4, -0.2) is 16.4 Å².